The second-order valence-electron chi connectivity index (χ2n) is 7.06. The molecule has 0 unspecified atom stereocenters. The number of hydrogen-bond acceptors (Lipinski definition) is 1. The van der Waals surface area contributed by atoms with Gasteiger partial charge in [-0.15, -0.1) is 0 Å². The van der Waals surface area contributed by atoms with Crippen molar-refractivity contribution >= 4 is 10.8 Å². The number of hydrogen-bond donors (Lipinski definition) is 1. The van der Waals surface area contributed by atoms with Gasteiger partial charge in [-0.1, -0.05) is 49.9 Å². The summed E-state index contributed by atoms with van der Waals surface area (Å²) in [7, 11) is 0. The molecular formula is C20H24O. The molecule has 0 heterocycles. The molecule has 2 aliphatic rings. The summed E-state index contributed by atoms with van der Waals surface area (Å²) < 4.78 is 0. The number of benzene rings is 2. The Morgan fingerprint density at radius 2 is 1.62 bits per heavy atom. The van der Waals surface area contributed by atoms with Gasteiger partial charge in [-0.05, 0) is 65.5 Å². The van der Waals surface area contributed by atoms with Crippen molar-refractivity contribution in [2.75, 3.05) is 0 Å². The Morgan fingerprint density at radius 1 is 0.905 bits per heavy atom. The highest BCUT2D eigenvalue weighted by molar-refractivity contribution is 5.88. The highest BCUT2D eigenvalue weighted by atomic mass is 16.3. The largest absolute Gasteiger partial charge is 0.508 e. The van der Waals surface area contributed by atoms with Crippen molar-refractivity contribution in [2.24, 2.45) is 5.92 Å². The summed E-state index contributed by atoms with van der Waals surface area (Å²) in [5.74, 6) is 1.26. The van der Waals surface area contributed by atoms with E-state index in [4.69, 9.17) is 0 Å². The molecule has 2 aromatic rings. The zero-order chi connectivity index (χ0) is 14.3. The van der Waals surface area contributed by atoms with Crippen molar-refractivity contribution in [2.45, 2.75) is 56.8 Å². The number of rotatable bonds is 1. The average molecular weight is 280 g/mol. The molecule has 1 N–H and O–H groups in total. The normalized spacial score (nSPS) is 29.2. The molecule has 2 aromatic carbocycles. The molecule has 1 heteroatoms. The molecule has 2 saturated carbocycles. The lowest BCUT2D eigenvalue weighted by Gasteiger charge is -2.48. The van der Waals surface area contributed by atoms with Gasteiger partial charge < -0.3 is 5.11 Å². The molecule has 110 valence electrons. The first kappa shape index (κ1) is 13.2. The summed E-state index contributed by atoms with van der Waals surface area (Å²) in [6, 6.07) is 12.6. The molecule has 0 spiro atoms. The third-order valence-electron chi connectivity index (χ3n) is 6.02. The summed E-state index contributed by atoms with van der Waals surface area (Å²) in [6.45, 7) is 0. The fraction of sp³-hybridized carbons (Fsp3) is 0.500. The van der Waals surface area contributed by atoms with Crippen LogP contribution >= 0.6 is 0 Å². The van der Waals surface area contributed by atoms with Gasteiger partial charge in [0.25, 0.3) is 0 Å². The van der Waals surface area contributed by atoms with Gasteiger partial charge in [0.1, 0.15) is 5.75 Å². The summed E-state index contributed by atoms with van der Waals surface area (Å²) in [5.41, 5.74) is 1.76. The predicted octanol–water partition coefficient (Wildman–Crippen LogP) is 5.55. The summed E-state index contributed by atoms with van der Waals surface area (Å²) in [6.07, 6.45) is 10.9. The average Bonchev–Trinajstić information content (AvgIpc) is 2.54. The Morgan fingerprint density at radius 3 is 2.38 bits per heavy atom. The molecule has 0 aliphatic heterocycles. The summed E-state index contributed by atoms with van der Waals surface area (Å²) in [5, 5.41) is 12.8. The molecule has 0 bridgehead atoms. The van der Waals surface area contributed by atoms with Crippen LogP contribution in [0.4, 0.5) is 0 Å². The van der Waals surface area contributed by atoms with Crippen LogP contribution in [0.2, 0.25) is 0 Å². The topological polar surface area (TPSA) is 20.2 Å². The Bertz CT molecular complexity index is 646. The van der Waals surface area contributed by atoms with E-state index in [0.717, 1.165) is 5.92 Å². The van der Waals surface area contributed by atoms with E-state index >= 15 is 0 Å². The van der Waals surface area contributed by atoms with Gasteiger partial charge in [-0.25, -0.2) is 0 Å². The molecule has 1 nitrogen and oxygen atoms in total. The first-order valence-electron chi connectivity index (χ1n) is 8.52. The van der Waals surface area contributed by atoms with Gasteiger partial charge >= 0.3 is 0 Å². The zero-order valence-corrected chi connectivity index (χ0v) is 12.6. The smallest absolute Gasteiger partial charge is 0.116 e. The maximum atomic E-state index is 10.2. The van der Waals surface area contributed by atoms with Crippen molar-refractivity contribution in [1.29, 1.82) is 0 Å². The minimum absolute atomic E-state index is 0.328. The number of fused-ring (bicyclic) bond motifs is 2. The lowest BCUT2D eigenvalue weighted by molar-refractivity contribution is 0.125. The maximum Gasteiger partial charge on any atom is 0.116 e. The molecule has 0 atom stereocenters. The zero-order valence-electron chi connectivity index (χ0n) is 12.6. The SMILES string of the molecule is Oc1cc(C23CCCCC2CCCC3)c2ccccc2c1. The summed E-state index contributed by atoms with van der Waals surface area (Å²) >= 11 is 0. The van der Waals surface area contributed by atoms with E-state index < -0.39 is 0 Å². The van der Waals surface area contributed by atoms with Crippen LogP contribution in [0.1, 0.15) is 56.9 Å². The highest BCUT2D eigenvalue weighted by Gasteiger charge is 2.44. The van der Waals surface area contributed by atoms with E-state index in [1.54, 1.807) is 0 Å². The molecule has 0 amide bonds. The van der Waals surface area contributed by atoms with E-state index in [1.165, 1.54) is 67.7 Å². The van der Waals surface area contributed by atoms with Crippen LogP contribution < -0.4 is 0 Å². The van der Waals surface area contributed by atoms with Gasteiger partial charge in [0.05, 0.1) is 0 Å². The second kappa shape index (κ2) is 5.05. The van der Waals surface area contributed by atoms with Crippen LogP contribution in [-0.2, 0) is 5.41 Å². The van der Waals surface area contributed by atoms with Gasteiger partial charge in [0, 0.05) is 0 Å². The lowest BCUT2D eigenvalue weighted by atomic mass is 9.56. The van der Waals surface area contributed by atoms with E-state index in [-0.39, 0.29) is 0 Å². The van der Waals surface area contributed by atoms with Gasteiger partial charge in [-0.3, -0.25) is 0 Å². The monoisotopic (exact) mass is 280 g/mol. The Labute approximate surface area is 127 Å². The molecule has 4 rings (SSSR count). The van der Waals surface area contributed by atoms with E-state index in [9.17, 15) is 5.11 Å². The van der Waals surface area contributed by atoms with Crippen LogP contribution in [0.15, 0.2) is 36.4 Å². The Hall–Kier alpha value is -1.50. The predicted molar refractivity (Wildman–Crippen MR) is 87.7 cm³/mol. The number of phenolic OH excluding ortho intramolecular Hbond substituents is 1. The molecule has 21 heavy (non-hydrogen) atoms. The van der Waals surface area contributed by atoms with Crippen LogP contribution in [-0.4, -0.2) is 5.11 Å². The highest BCUT2D eigenvalue weighted by Crippen LogP contribution is 2.54. The van der Waals surface area contributed by atoms with Crippen LogP contribution in [0, 0.1) is 5.92 Å². The van der Waals surface area contributed by atoms with Gasteiger partial charge in [-0.2, -0.15) is 0 Å². The van der Waals surface area contributed by atoms with Crippen LogP contribution in [0.25, 0.3) is 10.8 Å². The quantitative estimate of drug-likeness (QED) is 0.726. The Balaban J connectivity index is 1.94. The fourth-order valence-electron chi connectivity index (χ4n) is 5.09. The first-order chi connectivity index (χ1) is 10.3. The minimum Gasteiger partial charge on any atom is -0.508 e. The second-order valence-corrected chi connectivity index (χ2v) is 7.06. The molecule has 2 fully saturated rings. The summed E-state index contributed by atoms with van der Waals surface area (Å²) in [4.78, 5) is 0. The lowest BCUT2D eigenvalue weighted by Crippen LogP contribution is -2.40. The molecular weight excluding hydrogens is 256 g/mol. The molecule has 0 radical (unpaired) electrons. The molecule has 0 aromatic heterocycles. The number of phenols is 1. The standard InChI is InChI=1S/C20H24O/c21-17-13-15-7-1-2-10-18(15)19(14-17)20-11-5-3-8-16(20)9-4-6-12-20/h1-2,7,10,13-14,16,21H,3-6,8-9,11-12H2. The van der Waals surface area contributed by atoms with Crippen molar-refractivity contribution in [1.82, 2.24) is 0 Å². The van der Waals surface area contributed by atoms with E-state index in [0.29, 0.717) is 11.2 Å². The third kappa shape index (κ3) is 2.06. The molecule has 0 saturated heterocycles. The van der Waals surface area contributed by atoms with Crippen molar-refractivity contribution in [3.05, 3.63) is 42.0 Å². The molecule has 2 aliphatic carbocycles. The van der Waals surface area contributed by atoms with Gasteiger partial charge in [0.15, 0.2) is 0 Å². The number of aromatic hydroxyl groups is 1. The third-order valence-corrected chi connectivity index (χ3v) is 6.02. The van der Waals surface area contributed by atoms with Crippen LogP contribution in [0.3, 0.4) is 0 Å². The first-order valence-corrected chi connectivity index (χ1v) is 8.52. The minimum atomic E-state index is 0.328. The van der Waals surface area contributed by atoms with Crippen molar-refractivity contribution < 1.29 is 5.11 Å². The fourth-order valence-corrected chi connectivity index (χ4v) is 5.09. The van der Waals surface area contributed by atoms with Gasteiger partial charge in [0.2, 0.25) is 0 Å². The van der Waals surface area contributed by atoms with E-state index in [1.807, 2.05) is 6.07 Å². The Kier molecular flexibility index (Phi) is 3.17. The maximum absolute atomic E-state index is 10.2. The van der Waals surface area contributed by atoms with Crippen LogP contribution in [0.5, 0.6) is 5.75 Å². The van der Waals surface area contributed by atoms with Crippen molar-refractivity contribution in [3.63, 3.8) is 0 Å². The van der Waals surface area contributed by atoms with Crippen molar-refractivity contribution in [3.8, 4) is 5.75 Å². The van der Waals surface area contributed by atoms with E-state index in [2.05, 4.69) is 30.3 Å².